The Labute approximate surface area is 122 Å². The first-order valence-electron chi connectivity index (χ1n) is 7.70. The Morgan fingerprint density at radius 2 is 1.35 bits per heavy atom. The molecule has 0 spiro atoms. The summed E-state index contributed by atoms with van der Waals surface area (Å²) in [7, 11) is 0. The molecule has 0 N–H and O–H groups in total. The Bertz CT molecular complexity index is 574. The summed E-state index contributed by atoms with van der Waals surface area (Å²) in [4.78, 5) is 0. The van der Waals surface area contributed by atoms with Gasteiger partial charge in [0.2, 0.25) is 0 Å². The summed E-state index contributed by atoms with van der Waals surface area (Å²) in [6, 6.07) is 22.2. The first-order chi connectivity index (χ1) is 9.89. The molecule has 0 nitrogen and oxygen atoms in total. The minimum atomic E-state index is -1.03. The van der Waals surface area contributed by atoms with Gasteiger partial charge in [-0.05, 0) is 42.5 Å². The van der Waals surface area contributed by atoms with Crippen molar-refractivity contribution in [3.63, 3.8) is 0 Å². The minimum absolute atomic E-state index is 1.03. The molecule has 2 aromatic carbocycles. The van der Waals surface area contributed by atoms with Crippen molar-refractivity contribution in [2.24, 2.45) is 0 Å². The van der Waals surface area contributed by atoms with E-state index >= 15 is 0 Å². The zero-order valence-electron chi connectivity index (χ0n) is 12.0. The predicted octanol–water partition coefficient (Wildman–Crippen LogP) is 4.56. The summed E-state index contributed by atoms with van der Waals surface area (Å²) in [6.45, 7) is -1.03. The molecular formula is C19H23P. The van der Waals surface area contributed by atoms with Gasteiger partial charge in [0.1, 0.15) is 0 Å². The third-order valence-electron chi connectivity index (χ3n) is 4.40. The van der Waals surface area contributed by atoms with Crippen LogP contribution in [0.25, 0.3) is 0 Å². The van der Waals surface area contributed by atoms with Crippen LogP contribution < -0.4 is 5.30 Å². The van der Waals surface area contributed by atoms with Crippen molar-refractivity contribution in [3.05, 3.63) is 66.2 Å². The monoisotopic (exact) mass is 282 g/mol. The molecule has 0 radical (unpaired) electrons. The lowest BCUT2D eigenvalue weighted by atomic mass is 10.2. The lowest BCUT2D eigenvalue weighted by Crippen LogP contribution is -2.17. The maximum Gasteiger partial charge on any atom is -0.00898 e. The van der Waals surface area contributed by atoms with E-state index in [-0.39, 0.29) is 0 Å². The first-order valence-corrected chi connectivity index (χ1v) is 9.93. The summed E-state index contributed by atoms with van der Waals surface area (Å²) in [6.07, 6.45) is 8.22. The fourth-order valence-corrected chi connectivity index (χ4v) is 7.46. The van der Waals surface area contributed by atoms with Crippen LogP contribution in [0.15, 0.2) is 60.7 Å². The van der Waals surface area contributed by atoms with Crippen LogP contribution >= 0.6 is 6.89 Å². The molecule has 0 unspecified atom stereocenters. The van der Waals surface area contributed by atoms with E-state index < -0.39 is 6.89 Å². The third-order valence-corrected chi connectivity index (χ3v) is 8.84. The summed E-state index contributed by atoms with van der Waals surface area (Å²) < 4.78 is 0. The van der Waals surface area contributed by atoms with Gasteiger partial charge in [-0.2, -0.15) is 0 Å². The van der Waals surface area contributed by atoms with E-state index in [1.807, 2.05) is 0 Å². The summed E-state index contributed by atoms with van der Waals surface area (Å²) >= 11 is 0. The normalized spacial score (nSPS) is 17.6. The van der Waals surface area contributed by atoms with Crippen molar-refractivity contribution in [1.29, 1.82) is 0 Å². The van der Waals surface area contributed by atoms with Gasteiger partial charge in [-0.15, -0.1) is 0 Å². The maximum absolute atomic E-state index is 2.69. The van der Waals surface area contributed by atoms with Crippen LogP contribution in [0, 0.1) is 0 Å². The van der Waals surface area contributed by atoms with Crippen LogP contribution in [-0.4, -0.2) is 18.1 Å². The summed E-state index contributed by atoms with van der Waals surface area (Å²) in [5.41, 5.74) is 1.45. The van der Waals surface area contributed by atoms with Crippen LogP contribution in [0.5, 0.6) is 0 Å². The van der Waals surface area contributed by atoms with E-state index in [4.69, 9.17) is 0 Å². The van der Waals surface area contributed by atoms with Crippen molar-refractivity contribution in [3.8, 4) is 0 Å². The lowest BCUT2D eigenvalue weighted by molar-refractivity contribution is 0.754. The van der Waals surface area contributed by atoms with Gasteiger partial charge in [0.25, 0.3) is 0 Å². The largest absolute Gasteiger partial charge is 0.0808 e. The number of hydrogen-bond acceptors (Lipinski definition) is 0. The average Bonchev–Trinajstić information content (AvgIpc) is 2.56. The summed E-state index contributed by atoms with van der Waals surface area (Å²) in [5.74, 6) is 2.69. The molecule has 1 heterocycles. The van der Waals surface area contributed by atoms with Crippen LogP contribution in [0.1, 0.15) is 24.8 Å². The van der Waals surface area contributed by atoms with Gasteiger partial charge < -0.3 is 0 Å². The van der Waals surface area contributed by atoms with Gasteiger partial charge in [0.15, 0.2) is 0 Å². The molecule has 0 bridgehead atoms. The molecule has 1 aliphatic heterocycles. The van der Waals surface area contributed by atoms with E-state index in [1.165, 1.54) is 37.1 Å². The third kappa shape index (κ3) is 3.07. The molecule has 0 amide bonds. The highest BCUT2D eigenvalue weighted by Gasteiger charge is 2.22. The molecule has 1 fully saturated rings. The highest BCUT2D eigenvalue weighted by atomic mass is 31.2. The molecule has 0 aromatic heterocycles. The van der Waals surface area contributed by atoms with E-state index in [9.17, 15) is 0 Å². The minimum Gasteiger partial charge on any atom is -0.0808 e. The van der Waals surface area contributed by atoms with Gasteiger partial charge in [0, 0.05) is 0 Å². The lowest BCUT2D eigenvalue weighted by Gasteiger charge is -2.31. The van der Waals surface area contributed by atoms with Gasteiger partial charge in [-0.1, -0.05) is 79.8 Å². The smallest absolute Gasteiger partial charge is 0.00898 e. The molecule has 1 heteroatoms. The molecule has 0 aliphatic carbocycles. The molecule has 0 saturated carbocycles. The van der Waals surface area contributed by atoms with Gasteiger partial charge in [-0.25, -0.2) is 0 Å². The van der Waals surface area contributed by atoms with Crippen LogP contribution in [-0.2, 0) is 6.42 Å². The number of benzene rings is 2. The SMILES string of the molecule is C(Cc1ccccc1)=P1(c2ccccc2)CCCCC1. The molecule has 104 valence electrons. The molecule has 3 rings (SSSR count). The van der Waals surface area contributed by atoms with Crippen molar-refractivity contribution >= 4 is 18.0 Å². The van der Waals surface area contributed by atoms with Crippen LogP contribution in [0.4, 0.5) is 0 Å². The maximum atomic E-state index is 2.69. The second-order valence-corrected chi connectivity index (χ2v) is 9.59. The highest BCUT2D eigenvalue weighted by Crippen LogP contribution is 2.50. The average molecular weight is 282 g/mol. The van der Waals surface area contributed by atoms with E-state index in [0.29, 0.717) is 0 Å². The standard InChI is InChI=1S/C19H23P/c1-4-10-18(11-5-1)14-17-20(15-8-3-9-16-20)19-12-6-2-7-13-19/h1-2,4-7,10-13,17H,3,8-9,14-16H2. The van der Waals surface area contributed by atoms with Crippen molar-refractivity contribution < 1.29 is 0 Å². The Hall–Kier alpha value is -1.26. The second-order valence-electron chi connectivity index (χ2n) is 5.75. The zero-order chi connectivity index (χ0) is 13.7. The molecule has 0 atom stereocenters. The van der Waals surface area contributed by atoms with Crippen molar-refractivity contribution in [2.45, 2.75) is 25.7 Å². The summed E-state index contributed by atoms with van der Waals surface area (Å²) in [5, 5.41) is 1.62. The number of hydrogen-bond donors (Lipinski definition) is 0. The van der Waals surface area contributed by atoms with Gasteiger partial charge in [0.05, 0.1) is 0 Å². The Balaban J connectivity index is 1.94. The fraction of sp³-hybridized carbons (Fsp3) is 0.316. The van der Waals surface area contributed by atoms with Gasteiger partial charge in [-0.3, -0.25) is 0 Å². The molecule has 20 heavy (non-hydrogen) atoms. The first kappa shape index (κ1) is 13.7. The van der Waals surface area contributed by atoms with Crippen LogP contribution in [0.3, 0.4) is 0 Å². The Morgan fingerprint density at radius 3 is 2.00 bits per heavy atom. The van der Waals surface area contributed by atoms with E-state index in [2.05, 4.69) is 66.5 Å². The van der Waals surface area contributed by atoms with Crippen molar-refractivity contribution in [1.82, 2.24) is 0 Å². The quantitative estimate of drug-likeness (QED) is 0.724. The molecular weight excluding hydrogens is 259 g/mol. The van der Waals surface area contributed by atoms with Gasteiger partial charge >= 0.3 is 0 Å². The van der Waals surface area contributed by atoms with Crippen molar-refractivity contribution in [2.75, 3.05) is 12.3 Å². The van der Waals surface area contributed by atoms with E-state index in [1.54, 1.807) is 5.30 Å². The number of rotatable bonds is 3. The Kier molecular flexibility index (Phi) is 4.43. The fourth-order valence-electron chi connectivity index (χ4n) is 3.24. The van der Waals surface area contributed by atoms with E-state index in [0.717, 1.165) is 6.42 Å². The molecule has 2 aromatic rings. The molecule has 1 aliphatic rings. The molecule has 1 saturated heterocycles. The predicted molar refractivity (Wildman–Crippen MR) is 92.8 cm³/mol. The topological polar surface area (TPSA) is 0 Å². The second kappa shape index (κ2) is 6.46. The Morgan fingerprint density at radius 1 is 0.750 bits per heavy atom. The van der Waals surface area contributed by atoms with Crippen LogP contribution in [0.2, 0.25) is 0 Å². The highest BCUT2D eigenvalue weighted by molar-refractivity contribution is 7.81. The zero-order valence-corrected chi connectivity index (χ0v) is 12.9.